The van der Waals surface area contributed by atoms with Crippen molar-refractivity contribution in [1.82, 2.24) is 15.3 Å². The van der Waals surface area contributed by atoms with Crippen LogP contribution in [0.5, 0.6) is 5.75 Å². The molecule has 88 valence electrons. The summed E-state index contributed by atoms with van der Waals surface area (Å²) in [6, 6.07) is 0.475. The lowest BCUT2D eigenvalue weighted by molar-refractivity contribution is 0.411. The van der Waals surface area contributed by atoms with E-state index in [0.717, 1.165) is 19.5 Å². The molecule has 0 spiro atoms. The minimum Gasteiger partial charge on any atom is -0.494 e. The minimum atomic E-state index is 0.475. The molecule has 5 heteroatoms. The van der Waals surface area contributed by atoms with Gasteiger partial charge in [-0.15, -0.1) is 0 Å². The van der Waals surface area contributed by atoms with Gasteiger partial charge in [-0.2, -0.15) is 0 Å². The van der Waals surface area contributed by atoms with Crippen LogP contribution in [0, 0.1) is 0 Å². The zero-order valence-electron chi connectivity index (χ0n) is 9.57. The zero-order chi connectivity index (χ0) is 11.2. The predicted molar refractivity (Wildman–Crippen MR) is 62.7 cm³/mol. The number of aromatic nitrogens is 2. The smallest absolute Gasteiger partial charge is 0.223 e. The van der Waals surface area contributed by atoms with Crippen molar-refractivity contribution < 1.29 is 4.74 Å². The van der Waals surface area contributed by atoms with Crippen molar-refractivity contribution in [2.75, 3.05) is 25.5 Å². The van der Waals surface area contributed by atoms with Crippen molar-refractivity contribution in [3.63, 3.8) is 0 Å². The van der Waals surface area contributed by atoms with Gasteiger partial charge in [-0.25, -0.2) is 9.97 Å². The summed E-state index contributed by atoms with van der Waals surface area (Å²) in [7, 11) is 1.61. The fourth-order valence-electron chi connectivity index (χ4n) is 1.84. The van der Waals surface area contributed by atoms with Gasteiger partial charge in [-0.1, -0.05) is 0 Å². The molecule has 1 fully saturated rings. The van der Waals surface area contributed by atoms with E-state index >= 15 is 0 Å². The fraction of sp³-hybridized carbons (Fsp3) is 0.636. The molecule has 1 aliphatic rings. The van der Waals surface area contributed by atoms with Crippen molar-refractivity contribution in [2.45, 2.75) is 25.3 Å². The maximum Gasteiger partial charge on any atom is 0.223 e. The summed E-state index contributed by atoms with van der Waals surface area (Å²) in [5, 5.41) is 6.73. The minimum absolute atomic E-state index is 0.475. The highest BCUT2D eigenvalue weighted by Gasteiger charge is 2.12. The first-order chi connectivity index (χ1) is 7.88. The molecule has 1 aromatic rings. The monoisotopic (exact) mass is 222 g/mol. The number of ether oxygens (including phenoxy) is 1. The number of anilines is 1. The van der Waals surface area contributed by atoms with E-state index in [1.54, 1.807) is 19.5 Å². The molecular formula is C11H18N4O. The summed E-state index contributed by atoms with van der Waals surface area (Å²) < 4.78 is 5.02. The number of hydrogen-bond acceptors (Lipinski definition) is 5. The number of nitrogens with zero attached hydrogens (tertiary/aromatic N) is 2. The molecule has 0 bridgehead atoms. The van der Waals surface area contributed by atoms with E-state index in [1.807, 2.05) is 0 Å². The molecule has 0 amide bonds. The van der Waals surface area contributed by atoms with Crippen LogP contribution in [0.15, 0.2) is 12.4 Å². The third kappa shape index (κ3) is 3.06. The molecule has 0 radical (unpaired) electrons. The second kappa shape index (κ2) is 5.65. The van der Waals surface area contributed by atoms with Crippen molar-refractivity contribution in [2.24, 2.45) is 0 Å². The summed E-state index contributed by atoms with van der Waals surface area (Å²) in [4.78, 5) is 8.41. The highest BCUT2D eigenvalue weighted by molar-refractivity contribution is 5.28. The van der Waals surface area contributed by atoms with Crippen LogP contribution >= 0.6 is 0 Å². The quantitative estimate of drug-likeness (QED) is 0.800. The Morgan fingerprint density at radius 3 is 2.88 bits per heavy atom. The maximum atomic E-state index is 5.02. The van der Waals surface area contributed by atoms with Crippen LogP contribution in [-0.4, -0.2) is 36.2 Å². The SMILES string of the molecule is COc1cnc(NC2CCCNCC2)nc1. The Labute approximate surface area is 95.6 Å². The van der Waals surface area contributed by atoms with E-state index in [-0.39, 0.29) is 0 Å². The third-order valence-corrected chi connectivity index (χ3v) is 2.77. The van der Waals surface area contributed by atoms with Gasteiger partial charge in [0, 0.05) is 6.04 Å². The van der Waals surface area contributed by atoms with E-state index in [4.69, 9.17) is 4.74 Å². The van der Waals surface area contributed by atoms with Crippen LogP contribution in [0.25, 0.3) is 0 Å². The molecule has 1 aromatic heterocycles. The second-order valence-corrected chi connectivity index (χ2v) is 3.97. The molecule has 16 heavy (non-hydrogen) atoms. The van der Waals surface area contributed by atoms with Gasteiger partial charge in [0.15, 0.2) is 5.75 Å². The molecule has 1 unspecified atom stereocenters. The number of nitrogens with one attached hydrogen (secondary N) is 2. The Bertz CT molecular complexity index is 306. The Kier molecular flexibility index (Phi) is 3.93. The summed E-state index contributed by atoms with van der Waals surface area (Å²) in [5.41, 5.74) is 0. The summed E-state index contributed by atoms with van der Waals surface area (Å²) >= 11 is 0. The van der Waals surface area contributed by atoms with Crippen LogP contribution in [0.2, 0.25) is 0 Å². The first-order valence-corrected chi connectivity index (χ1v) is 5.72. The Balaban J connectivity index is 1.91. The standard InChI is InChI=1S/C11H18N4O/c1-16-10-7-13-11(14-8-10)15-9-3-2-5-12-6-4-9/h7-9,12H,2-6H2,1H3,(H,13,14,15). The first-order valence-electron chi connectivity index (χ1n) is 5.72. The van der Waals surface area contributed by atoms with Gasteiger partial charge >= 0.3 is 0 Å². The third-order valence-electron chi connectivity index (χ3n) is 2.77. The van der Waals surface area contributed by atoms with Crippen LogP contribution < -0.4 is 15.4 Å². The van der Waals surface area contributed by atoms with Gasteiger partial charge in [0.1, 0.15) is 0 Å². The summed E-state index contributed by atoms with van der Waals surface area (Å²) in [5.74, 6) is 1.38. The molecule has 0 saturated carbocycles. The summed E-state index contributed by atoms with van der Waals surface area (Å²) in [6.45, 7) is 2.18. The molecule has 0 aliphatic carbocycles. The average molecular weight is 222 g/mol. The Morgan fingerprint density at radius 1 is 1.31 bits per heavy atom. The van der Waals surface area contributed by atoms with Crippen LogP contribution in [0.3, 0.4) is 0 Å². The van der Waals surface area contributed by atoms with E-state index in [1.165, 1.54) is 12.8 Å². The predicted octanol–water partition coefficient (Wildman–Crippen LogP) is 1.04. The molecule has 0 aromatic carbocycles. The number of methoxy groups -OCH3 is 1. The molecule has 2 N–H and O–H groups in total. The molecule has 2 heterocycles. The normalized spacial score (nSPS) is 21.2. The van der Waals surface area contributed by atoms with Gasteiger partial charge in [-0.3, -0.25) is 0 Å². The van der Waals surface area contributed by atoms with Gasteiger partial charge in [0.05, 0.1) is 19.5 Å². The lowest BCUT2D eigenvalue weighted by Gasteiger charge is -2.15. The van der Waals surface area contributed by atoms with Gasteiger partial charge in [-0.05, 0) is 32.4 Å². The highest BCUT2D eigenvalue weighted by atomic mass is 16.5. The van der Waals surface area contributed by atoms with E-state index in [0.29, 0.717) is 17.7 Å². The van der Waals surface area contributed by atoms with Gasteiger partial charge in [0.2, 0.25) is 5.95 Å². The van der Waals surface area contributed by atoms with Crippen LogP contribution in [0.4, 0.5) is 5.95 Å². The zero-order valence-corrected chi connectivity index (χ0v) is 9.57. The molecule has 2 rings (SSSR count). The van der Waals surface area contributed by atoms with Crippen molar-refractivity contribution in [3.8, 4) is 5.75 Å². The lowest BCUT2D eigenvalue weighted by atomic mass is 10.1. The molecular weight excluding hydrogens is 204 g/mol. The van der Waals surface area contributed by atoms with Gasteiger partial charge in [0.25, 0.3) is 0 Å². The van der Waals surface area contributed by atoms with E-state index < -0.39 is 0 Å². The van der Waals surface area contributed by atoms with Crippen LogP contribution in [0.1, 0.15) is 19.3 Å². The molecule has 1 aliphatic heterocycles. The fourth-order valence-corrected chi connectivity index (χ4v) is 1.84. The molecule has 1 saturated heterocycles. The number of rotatable bonds is 3. The van der Waals surface area contributed by atoms with Crippen molar-refractivity contribution in [1.29, 1.82) is 0 Å². The van der Waals surface area contributed by atoms with Gasteiger partial charge < -0.3 is 15.4 Å². The van der Waals surface area contributed by atoms with E-state index in [2.05, 4.69) is 20.6 Å². The Hall–Kier alpha value is -1.36. The van der Waals surface area contributed by atoms with Crippen LogP contribution in [-0.2, 0) is 0 Å². The number of hydrogen-bond donors (Lipinski definition) is 2. The van der Waals surface area contributed by atoms with Crippen molar-refractivity contribution >= 4 is 5.95 Å². The second-order valence-electron chi connectivity index (χ2n) is 3.97. The highest BCUT2D eigenvalue weighted by Crippen LogP contribution is 2.12. The average Bonchev–Trinajstić information content (AvgIpc) is 2.59. The first kappa shape index (κ1) is 11.1. The summed E-state index contributed by atoms with van der Waals surface area (Å²) in [6.07, 6.45) is 6.86. The van der Waals surface area contributed by atoms with Crippen molar-refractivity contribution in [3.05, 3.63) is 12.4 Å². The largest absolute Gasteiger partial charge is 0.494 e. The topological polar surface area (TPSA) is 59.1 Å². The molecule has 1 atom stereocenters. The van der Waals surface area contributed by atoms with E-state index in [9.17, 15) is 0 Å². The maximum absolute atomic E-state index is 5.02. The Morgan fingerprint density at radius 2 is 2.12 bits per heavy atom. The molecule has 5 nitrogen and oxygen atoms in total. The lowest BCUT2D eigenvalue weighted by Crippen LogP contribution is -2.22.